The van der Waals surface area contributed by atoms with Crippen LogP contribution in [0.5, 0.6) is 0 Å². The molecule has 2 rings (SSSR count). The molecule has 21 heavy (non-hydrogen) atoms. The summed E-state index contributed by atoms with van der Waals surface area (Å²) in [6, 6.07) is 10.2. The zero-order valence-corrected chi connectivity index (χ0v) is 14.3. The highest BCUT2D eigenvalue weighted by Gasteiger charge is 2.30. The van der Waals surface area contributed by atoms with Crippen molar-refractivity contribution in [3.8, 4) is 0 Å². The molecule has 1 atom stereocenters. The number of likely N-dealkylation sites (N-methyl/N-ethyl adjacent to an activating group) is 1. The first-order valence-corrected chi connectivity index (χ1v) is 7.62. The van der Waals surface area contributed by atoms with Gasteiger partial charge in [-0.05, 0) is 39.8 Å². The van der Waals surface area contributed by atoms with Crippen LogP contribution in [0.3, 0.4) is 0 Å². The number of aliphatic hydroxyl groups excluding tert-OH is 1. The average Bonchev–Trinajstić information content (AvgIpc) is 2.47. The molecule has 0 aliphatic rings. The van der Waals surface area contributed by atoms with E-state index in [0.29, 0.717) is 0 Å². The predicted molar refractivity (Wildman–Crippen MR) is 92.0 cm³/mol. The minimum Gasteiger partial charge on any atom is -0.391 e. The molecule has 3 heteroatoms. The van der Waals surface area contributed by atoms with E-state index >= 15 is 0 Å². The molecule has 1 N–H and O–H groups in total. The summed E-state index contributed by atoms with van der Waals surface area (Å²) in [7, 11) is 2.02. The summed E-state index contributed by atoms with van der Waals surface area (Å²) in [6.07, 6.45) is -0.426. The Balaban J connectivity index is 0.00000106. The molecule has 0 amide bonds. The van der Waals surface area contributed by atoms with Gasteiger partial charge in [0.05, 0.1) is 17.2 Å². The van der Waals surface area contributed by atoms with Gasteiger partial charge in [0.15, 0.2) is 0 Å². The van der Waals surface area contributed by atoms with E-state index in [1.807, 2.05) is 66.8 Å². The summed E-state index contributed by atoms with van der Waals surface area (Å²) in [5, 5.41) is 11.1. The van der Waals surface area contributed by atoms with Crippen molar-refractivity contribution in [1.29, 1.82) is 0 Å². The van der Waals surface area contributed by atoms with Crippen molar-refractivity contribution in [2.45, 2.75) is 53.2 Å². The number of pyridine rings is 1. The van der Waals surface area contributed by atoms with Crippen LogP contribution in [0.4, 0.5) is 5.69 Å². The first-order chi connectivity index (χ1) is 9.84. The van der Waals surface area contributed by atoms with Gasteiger partial charge < -0.3 is 10.0 Å². The lowest BCUT2D eigenvalue weighted by Crippen LogP contribution is -2.49. The zero-order chi connectivity index (χ0) is 16.2. The van der Waals surface area contributed by atoms with E-state index in [9.17, 15) is 5.11 Å². The van der Waals surface area contributed by atoms with E-state index in [-0.39, 0.29) is 5.54 Å². The third-order valence-corrected chi connectivity index (χ3v) is 4.07. The van der Waals surface area contributed by atoms with Crippen molar-refractivity contribution in [1.82, 2.24) is 4.98 Å². The summed E-state index contributed by atoms with van der Waals surface area (Å²) < 4.78 is 0. The number of aryl methyl sites for hydroxylation is 1. The summed E-state index contributed by atoms with van der Waals surface area (Å²) in [6.45, 7) is 11.9. The predicted octanol–water partition coefficient (Wildman–Crippen LogP) is 4.17. The highest BCUT2D eigenvalue weighted by atomic mass is 16.3. The maximum atomic E-state index is 10.00. The molecule has 0 aliphatic heterocycles. The van der Waals surface area contributed by atoms with E-state index in [1.165, 1.54) is 0 Å². The minimum absolute atomic E-state index is 0.337. The lowest BCUT2D eigenvalue weighted by Gasteiger charge is -2.40. The molecule has 116 valence electrons. The maximum Gasteiger partial charge on any atom is 0.0738 e. The van der Waals surface area contributed by atoms with Crippen molar-refractivity contribution in [2.24, 2.45) is 0 Å². The Morgan fingerprint density at radius 3 is 2.33 bits per heavy atom. The highest BCUT2D eigenvalue weighted by molar-refractivity contribution is 5.92. The Morgan fingerprint density at radius 2 is 1.76 bits per heavy atom. The third-order valence-electron chi connectivity index (χ3n) is 4.07. The van der Waals surface area contributed by atoms with Crippen molar-refractivity contribution in [2.75, 3.05) is 11.9 Å². The second kappa shape index (κ2) is 6.90. The van der Waals surface area contributed by atoms with Gasteiger partial charge in [-0.3, -0.25) is 4.98 Å². The van der Waals surface area contributed by atoms with Gasteiger partial charge in [0, 0.05) is 23.8 Å². The molecule has 1 unspecified atom stereocenters. The van der Waals surface area contributed by atoms with Gasteiger partial charge in [0.25, 0.3) is 0 Å². The number of fused-ring (bicyclic) bond motifs is 1. The third kappa shape index (κ3) is 3.53. The van der Waals surface area contributed by atoms with Crippen LogP contribution in [0.15, 0.2) is 30.3 Å². The van der Waals surface area contributed by atoms with Crippen LogP contribution in [0.1, 0.15) is 40.3 Å². The van der Waals surface area contributed by atoms with Gasteiger partial charge >= 0.3 is 0 Å². The molecule has 0 saturated heterocycles. The number of rotatable bonds is 3. The molecule has 2 aromatic rings. The van der Waals surface area contributed by atoms with Crippen molar-refractivity contribution in [3.63, 3.8) is 0 Å². The molecule has 0 fully saturated rings. The standard InChI is InChI=1S/C16H22N2O.C2H6/c1-11-10-15(18(5)16(3,4)12(2)19)13-8-6-7-9-14(13)17-11;1-2/h6-10,12,19H,1-5H3;1-2H3. The average molecular weight is 288 g/mol. The Bertz CT molecular complexity index is 591. The van der Waals surface area contributed by atoms with Crippen LogP contribution in [-0.4, -0.2) is 28.8 Å². The van der Waals surface area contributed by atoms with Crippen molar-refractivity contribution in [3.05, 3.63) is 36.0 Å². The van der Waals surface area contributed by atoms with Crippen LogP contribution in [-0.2, 0) is 0 Å². The topological polar surface area (TPSA) is 36.4 Å². The molecular weight excluding hydrogens is 260 g/mol. The first-order valence-electron chi connectivity index (χ1n) is 7.62. The molecule has 0 spiro atoms. The summed E-state index contributed by atoms with van der Waals surface area (Å²) in [5.74, 6) is 0. The zero-order valence-electron chi connectivity index (χ0n) is 14.3. The Kier molecular flexibility index (Phi) is 5.73. The van der Waals surface area contributed by atoms with Gasteiger partial charge in [0.2, 0.25) is 0 Å². The van der Waals surface area contributed by atoms with Gasteiger partial charge in [-0.2, -0.15) is 0 Å². The fourth-order valence-electron chi connectivity index (χ4n) is 2.15. The van der Waals surface area contributed by atoms with E-state index in [2.05, 4.69) is 22.0 Å². The molecule has 0 saturated carbocycles. The minimum atomic E-state index is -0.426. The molecular formula is C18H28N2O. The number of hydrogen-bond acceptors (Lipinski definition) is 3. The van der Waals surface area contributed by atoms with Gasteiger partial charge in [-0.1, -0.05) is 32.0 Å². The Labute approximate surface area is 128 Å². The van der Waals surface area contributed by atoms with Gasteiger partial charge in [-0.25, -0.2) is 0 Å². The second-order valence-corrected chi connectivity index (χ2v) is 5.69. The van der Waals surface area contributed by atoms with Crippen molar-refractivity contribution >= 4 is 16.6 Å². The van der Waals surface area contributed by atoms with E-state index < -0.39 is 6.10 Å². The molecule has 1 heterocycles. The van der Waals surface area contributed by atoms with E-state index in [4.69, 9.17) is 0 Å². The highest BCUT2D eigenvalue weighted by Crippen LogP contribution is 2.31. The Morgan fingerprint density at radius 1 is 1.19 bits per heavy atom. The molecule has 1 aromatic heterocycles. The molecule has 1 aromatic carbocycles. The number of hydrogen-bond donors (Lipinski definition) is 1. The normalized spacial score (nSPS) is 12.6. The van der Waals surface area contributed by atoms with Crippen LogP contribution in [0.2, 0.25) is 0 Å². The molecule has 3 nitrogen and oxygen atoms in total. The molecule has 0 bridgehead atoms. The number of benzene rings is 1. The van der Waals surface area contributed by atoms with Gasteiger partial charge in [0.1, 0.15) is 0 Å². The lowest BCUT2D eigenvalue weighted by atomic mass is 9.95. The lowest BCUT2D eigenvalue weighted by molar-refractivity contribution is 0.118. The number of anilines is 1. The molecule has 0 radical (unpaired) electrons. The smallest absolute Gasteiger partial charge is 0.0738 e. The number of aromatic nitrogens is 1. The van der Waals surface area contributed by atoms with Crippen molar-refractivity contribution < 1.29 is 5.11 Å². The van der Waals surface area contributed by atoms with E-state index in [0.717, 1.165) is 22.3 Å². The van der Waals surface area contributed by atoms with Crippen LogP contribution >= 0.6 is 0 Å². The first kappa shape index (κ1) is 17.4. The second-order valence-electron chi connectivity index (χ2n) is 5.69. The fraction of sp³-hybridized carbons (Fsp3) is 0.500. The summed E-state index contributed by atoms with van der Waals surface area (Å²) in [5.41, 5.74) is 2.75. The van der Waals surface area contributed by atoms with Gasteiger partial charge in [-0.15, -0.1) is 0 Å². The van der Waals surface area contributed by atoms with Crippen LogP contribution in [0, 0.1) is 6.92 Å². The Hall–Kier alpha value is -1.61. The maximum absolute atomic E-state index is 10.00. The van der Waals surface area contributed by atoms with Crippen LogP contribution in [0.25, 0.3) is 10.9 Å². The number of nitrogens with zero attached hydrogens (tertiary/aromatic N) is 2. The fourth-order valence-corrected chi connectivity index (χ4v) is 2.15. The quantitative estimate of drug-likeness (QED) is 0.921. The summed E-state index contributed by atoms with van der Waals surface area (Å²) >= 11 is 0. The summed E-state index contributed by atoms with van der Waals surface area (Å²) in [4.78, 5) is 6.69. The number of aliphatic hydroxyl groups is 1. The van der Waals surface area contributed by atoms with E-state index in [1.54, 1.807) is 0 Å². The SMILES string of the molecule is CC.Cc1cc(N(C)C(C)(C)C(C)O)c2ccccc2n1. The molecule has 0 aliphatic carbocycles. The number of para-hydroxylation sites is 1. The largest absolute Gasteiger partial charge is 0.391 e. The monoisotopic (exact) mass is 288 g/mol. The van der Waals surface area contributed by atoms with Crippen LogP contribution < -0.4 is 4.90 Å².